The van der Waals surface area contributed by atoms with Gasteiger partial charge in [0.2, 0.25) is 0 Å². The minimum absolute atomic E-state index is 0.0581. The van der Waals surface area contributed by atoms with Gasteiger partial charge in [-0.3, -0.25) is 4.98 Å². The Morgan fingerprint density at radius 1 is 1.27 bits per heavy atom. The summed E-state index contributed by atoms with van der Waals surface area (Å²) in [5.41, 5.74) is 0.938. The molecule has 0 aromatic carbocycles. The summed E-state index contributed by atoms with van der Waals surface area (Å²) in [6, 6.07) is 5.39. The van der Waals surface area contributed by atoms with Gasteiger partial charge in [-0.25, -0.2) is 9.67 Å². The number of aromatic nitrogens is 4. The molecule has 2 aromatic heterocycles. The van der Waals surface area contributed by atoms with Crippen molar-refractivity contribution in [1.82, 2.24) is 19.7 Å². The van der Waals surface area contributed by atoms with E-state index in [9.17, 15) is 0 Å². The second-order valence-corrected chi connectivity index (χ2v) is 2.63. The van der Waals surface area contributed by atoms with Crippen LogP contribution >= 0.6 is 0 Å². The van der Waals surface area contributed by atoms with Crippen molar-refractivity contribution in [2.75, 3.05) is 0 Å². The van der Waals surface area contributed by atoms with Crippen molar-refractivity contribution in [2.45, 2.75) is 0 Å². The molecule has 0 amide bonds. The van der Waals surface area contributed by atoms with Crippen LogP contribution in [0.3, 0.4) is 0 Å². The van der Waals surface area contributed by atoms with Crippen molar-refractivity contribution in [3.05, 3.63) is 36.2 Å². The molecular formula is C9H4N6. The number of hydrogen-bond donors (Lipinski definition) is 0. The third kappa shape index (κ3) is 1.52. The third-order valence-electron chi connectivity index (χ3n) is 1.76. The first-order valence-corrected chi connectivity index (χ1v) is 4.01. The van der Waals surface area contributed by atoms with Crippen LogP contribution in [0.1, 0.15) is 11.4 Å². The van der Waals surface area contributed by atoms with Gasteiger partial charge < -0.3 is 0 Å². The van der Waals surface area contributed by atoms with E-state index in [1.165, 1.54) is 23.4 Å². The molecule has 2 heterocycles. The summed E-state index contributed by atoms with van der Waals surface area (Å²) in [7, 11) is 0. The molecule has 0 aliphatic carbocycles. The summed E-state index contributed by atoms with van der Waals surface area (Å²) in [5, 5.41) is 21.3. The lowest BCUT2D eigenvalue weighted by atomic mass is 10.2. The summed E-state index contributed by atoms with van der Waals surface area (Å²) in [6.07, 6.45) is 4.38. The van der Waals surface area contributed by atoms with Crippen molar-refractivity contribution >= 4 is 0 Å². The van der Waals surface area contributed by atoms with Gasteiger partial charge in [0.1, 0.15) is 24.2 Å². The lowest BCUT2D eigenvalue weighted by Crippen LogP contribution is -1.99. The lowest BCUT2D eigenvalue weighted by Gasteiger charge is -2.00. The molecule has 0 saturated heterocycles. The van der Waals surface area contributed by atoms with Crippen molar-refractivity contribution in [3.8, 4) is 17.8 Å². The molecule has 0 N–H and O–H groups in total. The zero-order chi connectivity index (χ0) is 10.7. The minimum Gasteiger partial charge on any atom is -0.262 e. The van der Waals surface area contributed by atoms with E-state index in [0.29, 0.717) is 11.3 Å². The topological polar surface area (TPSA) is 91.2 Å². The average Bonchev–Trinajstić information content (AvgIpc) is 2.77. The molecule has 0 atom stereocenters. The highest BCUT2D eigenvalue weighted by molar-refractivity contribution is 5.45. The molecule has 0 aliphatic heterocycles. The fourth-order valence-corrected chi connectivity index (χ4v) is 1.09. The van der Waals surface area contributed by atoms with Crippen LogP contribution in [-0.4, -0.2) is 19.7 Å². The van der Waals surface area contributed by atoms with E-state index in [0.717, 1.165) is 0 Å². The Morgan fingerprint density at radius 3 is 2.80 bits per heavy atom. The van der Waals surface area contributed by atoms with Crippen molar-refractivity contribution in [1.29, 1.82) is 10.5 Å². The molecule has 0 fully saturated rings. The molecule has 2 rings (SSSR count). The van der Waals surface area contributed by atoms with Crippen LogP contribution in [0.25, 0.3) is 5.69 Å². The normalized spacial score (nSPS) is 9.20. The Morgan fingerprint density at radius 2 is 2.13 bits per heavy atom. The molecule has 2 aromatic rings. The molecule has 0 aliphatic rings. The molecule has 0 spiro atoms. The fourth-order valence-electron chi connectivity index (χ4n) is 1.09. The summed E-state index contributed by atoms with van der Waals surface area (Å²) in [5.74, 6) is 0.0581. The van der Waals surface area contributed by atoms with Crippen LogP contribution in [0.4, 0.5) is 0 Å². The largest absolute Gasteiger partial charge is 0.262 e. The predicted molar refractivity (Wildman–Crippen MR) is 48.6 cm³/mol. The van der Waals surface area contributed by atoms with Crippen LogP contribution in [-0.2, 0) is 0 Å². The Kier molecular flexibility index (Phi) is 2.10. The maximum absolute atomic E-state index is 8.84. The van der Waals surface area contributed by atoms with E-state index in [1.54, 1.807) is 6.07 Å². The molecule has 0 bridgehead atoms. The van der Waals surface area contributed by atoms with E-state index in [2.05, 4.69) is 15.1 Å². The Labute approximate surface area is 85.1 Å². The Bertz CT molecular complexity index is 571. The molecule has 0 saturated carbocycles. The zero-order valence-electron chi connectivity index (χ0n) is 7.49. The summed E-state index contributed by atoms with van der Waals surface area (Å²) >= 11 is 0. The molecule has 6 heteroatoms. The minimum atomic E-state index is 0.0581. The lowest BCUT2D eigenvalue weighted by molar-refractivity contribution is 0.863. The van der Waals surface area contributed by atoms with E-state index in [1.807, 2.05) is 12.1 Å². The number of hydrogen-bond acceptors (Lipinski definition) is 5. The zero-order valence-corrected chi connectivity index (χ0v) is 7.49. The molecular weight excluding hydrogens is 192 g/mol. The Hall–Kier alpha value is -2.73. The summed E-state index contributed by atoms with van der Waals surface area (Å²) in [4.78, 5) is 7.62. The quantitative estimate of drug-likeness (QED) is 0.658. The van der Waals surface area contributed by atoms with Gasteiger partial charge in [-0.15, -0.1) is 5.10 Å². The maximum atomic E-state index is 8.84. The van der Waals surface area contributed by atoms with Gasteiger partial charge in [0, 0.05) is 6.20 Å². The SMILES string of the molecule is N#Cc1ncn(-c2cnccc2C#N)n1. The number of nitrogens with zero attached hydrogens (tertiary/aromatic N) is 6. The number of nitriles is 2. The van der Waals surface area contributed by atoms with E-state index >= 15 is 0 Å². The van der Waals surface area contributed by atoms with Gasteiger partial charge in [0.25, 0.3) is 5.82 Å². The molecule has 6 nitrogen and oxygen atoms in total. The average molecular weight is 196 g/mol. The second kappa shape index (κ2) is 3.56. The van der Waals surface area contributed by atoms with Gasteiger partial charge in [-0.1, -0.05) is 0 Å². The smallest absolute Gasteiger partial charge is 0.252 e. The Balaban J connectivity index is 2.55. The van der Waals surface area contributed by atoms with Crippen LogP contribution in [0, 0.1) is 22.7 Å². The third-order valence-corrected chi connectivity index (χ3v) is 1.76. The molecule has 0 radical (unpaired) electrons. The van der Waals surface area contributed by atoms with Crippen LogP contribution < -0.4 is 0 Å². The van der Waals surface area contributed by atoms with E-state index in [4.69, 9.17) is 10.5 Å². The van der Waals surface area contributed by atoms with Gasteiger partial charge in [0.05, 0.1) is 11.8 Å². The highest BCUT2D eigenvalue weighted by atomic mass is 15.3. The van der Waals surface area contributed by atoms with Crippen LogP contribution in [0.15, 0.2) is 24.8 Å². The standard InChI is InChI=1S/C9H4N6/c10-3-7-1-2-12-5-8(7)15-6-13-9(4-11)14-15/h1-2,5-6H. The van der Waals surface area contributed by atoms with E-state index in [-0.39, 0.29) is 5.82 Å². The maximum Gasteiger partial charge on any atom is 0.252 e. The van der Waals surface area contributed by atoms with Gasteiger partial charge in [-0.2, -0.15) is 10.5 Å². The second-order valence-electron chi connectivity index (χ2n) is 2.63. The van der Waals surface area contributed by atoms with Crippen molar-refractivity contribution < 1.29 is 0 Å². The fraction of sp³-hybridized carbons (Fsp3) is 0. The first-order chi connectivity index (χ1) is 7.35. The molecule has 70 valence electrons. The molecule has 0 unspecified atom stereocenters. The van der Waals surface area contributed by atoms with Gasteiger partial charge in [-0.05, 0) is 6.07 Å². The monoisotopic (exact) mass is 196 g/mol. The van der Waals surface area contributed by atoms with Crippen LogP contribution in [0.2, 0.25) is 0 Å². The van der Waals surface area contributed by atoms with Crippen molar-refractivity contribution in [2.24, 2.45) is 0 Å². The highest BCUT2D eigenvalue weighted by Gasteiger charge is 2.06. The number of pyridine rings is 1. The molecule has 15 heavy (non-hydrogen) atoms. The highest BCUT2D eigenvalue weighted by Crippen LogP contribution is 2.09. The number of rotatable bonds is 1. The van der Waals surface area contributed by atoms with E-state index < -0.39 is 0 Å². The van der Waals surface area contributed by atoms with Gasteiger partial charge in [0.15, 0.2) is 0 Å². The predicted octanol–water partition coefficient (Wildman–Crippen LogP) is 0.406. The summed E-state index contributed by atoms with van der Waals surface area (Å²) in [6.45, 7) is 0. The van der Waals surface area contributed by atoms with Crippen LogP contribution in [0.5, 0.6) is 0 Å². The summed E-state index contributed by atoms with van der Waals surface area (Å²) < 4.78 is 1.35. The first-order valence-electron chi connectivity index (χ1n) is 4.01. The van der Waals surface area contributed by atoms with Crippen molar-refractivity contribution in [3.63, 3.8) is 0 Å². The van der Waals surface area contributed by atoms with Gasteiger partial charge >= 0.3 is 0 Å². The first kappa shape index (κ1) is 8.85.